The van der Waals surface area contributed by atoms with Gasteiger partial charge in [0.15, 0.2) is 6.20 Å². The average molecular weight is 195 g/mol. The molecule has 1 aromatic rings. The molecule has 0 bridgehead atoms. The van der Waals surface area contributed by atoms with E-state index in [0.717, 1.165) is 13.2 Å². The van der Waals surface area contributed by atoms with Gasteiger partial charge in [-0.1, -0.05) is 20.8 Å². The maximum Gasteiger partial charge on any atom is 0.227 e. The van der Waals surface area contributed by atoms with Gasteiger partial charge in [-0.15, -0.1) is 4.68 Å². The Morgan fingerprint density at radius 3 is 2.64 bits per heavy atom. The Morgan fingerprint density at radius 1 is 1.43 bits per heavy atom. The normalized spacial score (nSPS) is 19.7. The van der Waals surface area contributed by atoms with E-state index in [4.69, 9.17) is 4.74 Å². The lowest BCUT2D eigenvalue weighted by molar-refractivity contribution is -0.789. The van der Waals surface area contributed by atoms with Crippen molar-refractivity contribution in [2.75, 3.05) is 13.2 Å². The first-order valence-corrected chi connectivity index (χ1v) is 5.35. The second-order valence-corrected chi connectivity index (χ2v) is 4.53. The summed E-state index contributed by atoms with van der Waals surface area (Å²) in [7, 11) is 0. The first-order chi connectivity index (χ1) is 6.68. The monoisotopic (exact) mass is 195 g/mol. The highest BCUT2D eigenvalue weighted by molar-refractivity contribution is 5.07. The molecule has 14 heavy (non-hydrogen) atoms. The van der Waals surface area contributed by atoms with Crippen molar-refractivity contribution in [3.8, 4) is 0 Å². The Balaban J connectivity index is 2.08. The number of nitrogens with one attached hydrogen (secondary N) is 1. The molecule has 1 atom stereocenters. The van der Waals surface area contributed by atoms with Crippen molar-refractivity contribution < 1.29 is 9.42 Å². The fourth-order valence-electron chi connectivity index (χ4n) is 1.61. The van der Waals surface area contributed by atoms with Gasteiger partial charge in [0.1, 0.15) is 13.2 Å². The molecule has 3 heteroatoms. The first kappa shape index (κ1) is 9.71. The zero-order valence-electron chi connectivity index (χ0n) is 9.16. The second-order valence-electron chi connectivity index (χ2n) is 4.53. The van der Waals surface area contributed by atoms with Gasteiger partial charge in [-0.3, -0.25) is 0 Å². The molecule has 0 spiro atoms. The largest absolute Gasteiger partial charge is 0.367 e. The molecule has 78 valence electrons. The van der Waals surface area contributed by atoms with Crippen LogP contribution in [0.3, 0.4) is 0 Å². The predicted molar refractivity (Wildman–Crippen MR) is 54.1 cm³/mol. The summed E-state index contributed by atoms with van der Waals surface area (Å²) in [6.07, 6.45) is 4.33. The molecular formula is C11H19N2O+. The SMILES string of the molecule is CC(C)C(C)c1c[nH][n+](C2COC2)c1. The summed E-state index contributed by atoms with van der Waals surface area (Å²) in [5.41, 5.74) is 1.40. The van der Waals surface area contributed by atoms with Gasteiger partial charge < -0.3 is 4.74 Å². The second kappa shape index (κ2) is 3.73. The number of H-pyrrole nitrogens is 1. The van der Waals surface area contributed by atoms with E-state index < -0.39 is 0 Å². The fraction of sp³-hybridized carbons (Fsp3) is 0.727. The summed E-state index contributed by atoms with van der Waals surface area (Å²) in [4.78, 5) is 0. The molecule has 1 fully saturated rings. The Labute approximate surface area is 85.1 Å². The summed E-state index contributed by atoms with van der Waals surface area (Å²) >= 11 is 0. The van der Waals surface area contributed by atoms with Gasteiger partial charge >= 0.3 is 0 Å². The Morgan fingerprint density at radius 2 is 2.14 bits per heavy atom. The highest BCUT2D eigenvalue weighted by Gasteiger charge is 2.30. The number of ether oxygens (including phenoxy) is 1. The van der Waals surface area contributed by atoms with Gasteiger partial charge in [0, 0.05) is 5.56 Å². The molecule has 2 heterocycles. The molecule has 1 aliphatic heterocycles. The zero-order chi connectivity index (χ0) is 10.1. The van der Waals surface area contributed by atoms with Crippen molar-refractivity contribution in [3.63, 3.8) is 0 Å². The van der Waals surface area contributed by atoms with E-state index in [0.29, 0.717) is 17.9 Å². The average Bonchev–Trinajstić information content (AvgIpc) is 2.48. The molecule has 1 N–H and O–H groups in total. The number of aromatic amines is 1. The molecule has 1 aromatic heterocycles. The van der Waals surface area contributed by atoms with Crippen LogP contribution in [0.2, 0.25) is 0 Å². The minimum Gasteiger partial charge on any atom is -0.367 e. The zero-order valence-corrected chi connectivity index (χ0v) is 9.16. The van der Waals surface area contributed by atoms with Crippen LogP contribution >= 0.6 is 0 Å². The summed E-state index contributed by atoms with van der Waals surface area (Å²) in [6, 6.07) is 0.531. The lowest BCUT2D eigenvalue weighted by atomic mass is 9.93. The van der Waals surface area contributed by atoms with Crippen molar-refractivity contribution >= 4 is 0 Å². The molecule has 2 rings (SSSR count). The number of nitrogens with zero attached hydrogens (tertiary/aromatic N) is 1. The highest BCUT2D eigenvalue weighted by Crippen LogP contribution is 2.22. The number of hydrogen-bond donors (Lipinski definition) is 1. The van der Waals surface area contributed by atoms with E-state index in [1.54, 1.807) is 0 Å². The maximum absolute atomic E-state index is 5.17. The molecule has 0 aliphatic carbocycles. The van der Waals surface area contributed by atoms with E-state index in [1.165, 1.54) is 5.56 Å². The number of rotatable bonds is 3. The molecule has 1 aliphatic rings. The van der Waals surface area contributed by atoms with Crippen molar-refractivity contribution in [2.24, 2.45) is 5.92 Å². The van der Waals surface area contributed by atoms with Crippen molar-refractivity contribution in [3.05, 3.63) is 18.0 Å². The highest BCUT2D eigenvalue weighted by atomic mass is 16.5. The third-order valence-corrected chi connectivity index (χ3v) is 3.21. The summed E-state index contributed by atoms with van der Waals surface area (Å²) in [6.45, 7) is 8.49. The minimum absolute atomic E-state index is 0.531. The van der Waals surface area contributed by atoms with E-state index in [1.807, 2.05) is 0 Å². The van der Waals surface area contributed by atoms with Gasteiger partial charge in [-0.05, 0) is 11.8 Å². The molecular weight excluding hydrogens is 176 g/mol. The van der Waals surface area contributed by atoms with E-state index in [-0.39, 0.29) is 0 Å². The van der Waals surface area contributed by atoms with Crippen LogP contribution in [0.5, 0.6) is 0 Å². The molecule has 0 radical (unpaired) electrons. The summed E-state index contributed by atoms with van der Waals surface area (Å²) in [5, 5.41) is 3.28. The van der Waals surface area contributed by atoms with Crippen LogP contribution in [0.1, 0.15) is 38.3 Å². The van der Waals surface area contributed by atoms with Crippen LogP contribution in [-0.2, 0) is 4.74 Å². The lowest BCUT2D eigenvalue weighted by Crippen LogP contribution is -2.51. The molecule has 0 amide bonds. The first-order valence-electron chi connectivity index (χ1n) is 5.35. The van der Waals surface area contributed by atoms with Crippen LogP contribution in [0, 0.1) is 5.92 Å². The summed E-state index contributed by atoms with van der Waals surface area (Å²) in [5.74, 6) is 1.31. The fourth-order valence-corrected chi connectivity index (χ4v) is 1.61. The number of aromatic nitrogens is 2. The molecule has 1 saturated heterocycles. The topological polar surface area (TPSA) is 28.9 Å². The van der Waals surface area contributed by atoms with E-state index in [2.05, 4.69) is 42.9 Å². The molecule has 1 unspecified atom stereocenters. The molecule has 3 nitrogen and oxygen atoms in total. The minimum atomic E-state index is 0.531. The Hall–Kier alpha value is -0.830. The van der Waals surface area contributed by atoms with E-state index >= 15 is 0 Å². The lowest BCUT2D eigenvalue weighted by Gasteiger charge is -2.18. The molecule has 0 aromatic carbocycles. The summed E-state index contributed by atoms with van der Waals surface area (Å²) < 4.78 is 7.33. The smallest absolute Gasteiger partial charge is 0.227 e. The van der Waals surface area contributed by atoms with Gasteiger partial charge in [-0.25, -0.2) is 0 Å². The quantitative estimate of drug-likeness (QED) is 0.730. The van der Waals surface area contributed by atoms with Crippen LogP contribution < -0.4 is 4.68 Å². The molecule has 0 saturated carbocycles. The van der Waals surface area contributed by atoms with Gasteiger partial charge in [0.05, 0.1) is 6.20 Å². The van der Waals surface area contributed by atoms with Gasteiger partial charge in [-0.2, -0.15) is 5.10 Å². The van der Waals surface area contributed by atoms with Crippen molar-refractivity contribution in [1.29, 1.82) is 0 Å². The third-order valence-electron chi connectivity index (χ3n) is 3.21. The van der Waals surface area contributed by atoms with Crippen LogP contribution in [-0.4, -0.2) is 18.3 Å². The van der Waals surface area contributed by atoms with Crippen LogP contribution in [0.4, 0.5) is 0 Å². The van der Waals surface area contributed by atoms with Crippen molar-refractivity contribution in [2.45, 2.75) is 32.7 Å². The standard InChI is InChI=1S/C11H18N2O/c1-8(2)9(3)10-4-12-13(5-10)11-6-14-7-11/h4-5,8-9,11H,6-7H2,1-3H3/p+1. The van der Waals surface area contributed by atoms with E-state index in [9.17, 15) is 0 Å². The maximum atomic E-state index is 5.17. The van der Waals surface area contributed by atoms with Gasteiger partial charge in [0.2, 0.25) is 6.04 Å². The Kier molecular flexibility index (Phi) is 2.59. The number of hydrogen-bond acceptors (Lipinski definition) is 1. The van der Waals surface area contributed by atoms with Crippen LogP contribution in [0.25, 0.3) is 0 Å². The van der Waals surface area contributed by atoms with Gasteiger partial charge in [0.25, 0.3) is 0 Å². The Bertz CT molecular complexity index is 302. The van der Waals surface area contributed by atoms with Crippen LogP contribution in [0.15, 0.2) is 12.4 Å². The van der Waals surface area contributed by atoms with Crippen molar-refractivity contribution in [1.82, 2.24) is 5.10 Å². The predicted octanol–water partition coefficient (Wildman–Crippen LogP) is 1.63. The third kappa shape index (κ3) is 1.69.